The lowest BCUT2D eigenvalue weighted by molar-refractivity contribution is 0.0683. The van der Waals surface area contributed by atoms with Gasteiger partial charge in [0.2, 0.25) is 0 Å². The van der Waals surface area contributed by atoms with Crippen molar-refractivity contribution in [3.8, 4) is 11.5 Å². The molecule has 1 atom stereocenters. The summed E-state index contributed by atoms with van der Waals surface area (Å²) < 4.78 is 21.1. The van der Waals surface area contributed by atoms with Crippen LogP contribution in [0.5, 0.6) is 11.5 Å². The van der Waals surface area contributed by atoms with E-state index in [-0.39, 0.29) is 12.7 Å². The Bertz CT molecular complexity index is 524. The quantitative estimate of drug-likeness (QED) is 0.775. The molecule has 0 saturated heterocycles. The minimum atomic E-state index is -0.182. The molecule has 6 nitrogen and oxygen atoms in total. The Morgan fingerprint density at radius 3 is 2.55 bits per heavy atom. The van der Waals surface area contributed by atoms with Crippen molar-refractivity contribution in [1.82, 2.24) is 10.1 Å². The fourth-order valence-electron chi connectivity index (χ4n) is 1.63. The maximum Gasteiger partial charge on any atom is 0.264 e. The number of hydrogen-bond donors (Lipinski definition) is 0. The molecule has 0 N–H and O–H groups in total. The van der Waals surface area contributed by atoms with Crippen molar-refractivity contribution in [3.05, 3.63) is 36.0 Å². The molecule has 0 saturated carbocycles. The highest BCUT2D eigenvalue weighted by Gasteiger charge is 2.13. The molecular formula is C14H18N2O4. The van der Waals surface area contributed by atoms with Crippen LogP contribution in [0, 0.1) is 0 Å². The molecule has 1 unspecified atom stereocenters. The smallest absolute Gasteiger partial charge is 0.264 e. The van der Waals surface area contributed by atoms with E-state index in [2.05, 4.69) is 10.1 Å². The monoisotopic (exact) mass is 278 g/mol. The molecule has 20 heavy (non-hydrogen) atoms. The van der Waals surface area contributed by atoms with Gasteiger partial charge in [0.25, 0.3) is 5.89 Å². The molecule has 6 heteroatoms. The predicted octanol–water partition coefficient (Wildman–Crippen LogP) is 2.75. The molecule has 0 bridgehead atoms. The Balaban J connectivity index is 1.90. The first-order valence-electron chi connectivity index (χ1n) is 6.44. The fraction of sp³-hybridized carbons (Fsp3) is 0.429. The zero-order valence-corrected chi connectivity index (χ0v) is 11.8. The Kier molecular flexibility index (Phi) is 4.95. The van der Waals surface area contributed by atoms with Crippen molar-refractivity contribution >= 4 is 0 Å². The predicted molar refractivity (Wildman–Crippen MR) is 71.7 cm³/mol. The van der Waals surface area contributed by atoms with E-state index < -0.39 is 0 Å². The molecule has 1 aromatic carbocycles. The molecule has 0 amide bonds. The number of benzene rings is 1. The lowest BCUT2D eigenvalue weighted by Gasteiger charge is -2.05. The minimum absolute atomic E-state index is 0.182. The Labute approximate surface area is 117 Å². The maximum atomic E-state index is 5.55. The van der Waals surface area contributed by atoms with E-state index in [0.717, 1.165) is 5.75 Å². The van der Waals surface area contributed by atoms with Gasteiger partial charge in [0, 0.05) is 6.61 Å². The van der Waals surface area contributed by atoms with Gasteiger partial charge < -0.3 is 18.7 Å². The second kappa shape index (κ2) is 6.91. The highest BCUT2D eigenvalue weighted by atomic mass is 16.5. The number of methoxy groups -OCH3 is 1. The van der Waals surface area contributed by atoms with Crippen molar-refractivity contribution in [2.24, 2.45) is 0 Å². The summed E-state index contributed by atoms with van der Waals surface area (Å²) in [5.74, 6) is 2.44. The van der Waals surface area contributed by atoms with Crippen molar-refractivity contribution in [2.45, 2.75) is 26.6 Å². The number of nitrogens with zero attached hydrogens (tertiary/aromatic N) is 2. The summed E-state index contributed by atoms with van der Waals surface area (Å²) in [6, 6.07) is 7.29. The molecule has 0 fully saturated rings. The first-order chi connectivity index (χ1) is 9.72. The van der Waals surface area contributed by atoms with E-state index in [1.54, 1.807) is 7.11 Å². The van der Waals surface area contributed by atoms with Gasteiger partial charge in [0.05, 0.1) is 7.11 Å². The van der Waals surface area contributed by atoms with Crippen molar-refractivity contribution < 1.29 is 18.7 Å². The van der Waals surface area contributed by atoms with Crippen LogP contribution in [-0.4, -0.2) is 23.9 Å². The van der Waals surface area contributed by atoms with E-state index in [9.17, 15) is 0 Å². The van der Waals surface area contributed by atoms with Gasteiger partial charge in [-0.25, -0.2) is 0 Å². The third-order valence-corrected chi connectivity index (χ3v) is 2.69. The van der Waals surface area contributed by atoms with Crippen LogP contribution in [0.4, 0.5) is 0 Å². The van der Waals surface area contributed by atoms with Crippen LogP contribution in [0.15, 0.2) is 28.8 Å². The van der Waals surface area contributed by atoms with Crippen LogP contribution in [0.2, 0.25) is 0 Å². The van der Waals surface area contributed by atoms with Gasteiger partial charge in [-0.15, -0.1) is 0 Å². The van der Waals surface area contributed by atoms with Gasteiger partial charge >= 0.3 is 0 Å². The SMILES string of the molecule is CCOC(C)c1noc(COc2ccc(OC)cc2)n1. The molecule has 108 valence electrons. The minimum Gasteiger partial charge on any atom is -0.497 e. The summed E-state index contributed by atoms with van der Waals surface area (Å²) in [4.78, 5) is 4.23. The number of aromatic nitrogens is 2. The molecule has 0 radical (unpaired) electrons. The maximum absolute atomic E-state index is 5.55. The van der Waals surface area contributed by atoms with E-state index in [0.29, 0.717) is 24.1 Å². The summed E-state index contributed by atoms with van der Waals surface area (Å²) >= 11 is 0. The topological polar surface area (TPSA) is 66.6 Å². The number of ether oxygens (including phenoxy) is 3. The molecule has 2 rings (SSSR count). The van der Waals surface area contributed by atoms with Gasteiger partial charge in [-0.1, -0.05) is 5.16 Å². The van der Waals surface area contributed by atoms with Crippen molar-refractivity contribution in [2.75, 3.05) is 13.7 Å². The summed E-state index contributed by atoms with van der Waals surface area (Å²) in [5, 5.41) is 3.86. The second-order valence-electron chi connectivity index (χ2n) is 4.11. The van der Waals surface area contributed by atoms with Crippen molar-refractivity contribution in [3.63, 3.8) is 0 Å². The highest BCUT2D eigenvalue weighted by molar-refractivity contribution is 5.31. The molecule has 0 aliphatic carbocycles. The van der Waals surface area contributed by atoms with Crippen LogP contribution >= 0.6 is 0 Å². The summed E-state index contributed by atoms with van der Waals surface area (Å²) in [6.45, 7) is 4.62. The summed E-state index contributed by atoms with van der Waals surface area (Å²) in [6.07, 6.45) is -0.182. The van der Waals surface area contributed by atoms with Crippen LogP contribution in [0.1, 0.15) is 31.7 Å². The standard InChI is InChI=1S/C14H18N2O4/c1-4-18-10(2)14-15-13(20-16-14)9-19-12-7-5-11(17-3)6-8-12/h5-8,10H,4,9H2,1-3H3. The van der Waals surface area contributed by atoms with Gasteiger partial charge in [-0.2, -0.15) is 4.98 Å². The molecule has 1 heterocycles. The molecule has 0 aliphatic heterocycles. The van der Waals surface area contributed by atoms with E-state index in [1.165, 1.54) is 0 Å². The lowest BCUT2D eigenvalue weighted by Crippen LogP contribution is -2.02. The van der Waals surface area contributed by atoms with Crippen LogP contribution in [-0.2, 0) is 11.3 Å². The molecule has 0 spiro atoms. The van der Waals surface area contributed by atoms with E-state index >= 15 is 0 Å². The Morgan fingerprint density at radius 2 is 1.90 bits per heavy atom. The van der Waals surface area contributed by atoms with Gasteiger partial charge in [-0.3, -0.25) is 0 Å². The second-order valence-corrected chi connectivity index (χ2v) is 4.11. The largest absolute Gasteiger partial charge is 0.497 e. The summed E-state index contributed by atoms with van der Waals surface area (Å²) in [7, 11) is 1.62. The zero-order chi connectivity index (χ0) is 14.4. The van der Waals surface area contributed by atoms with E-state index in [1.807, 2.05) is 38.1 Å². The summed E-state index contributed by atoms with van der Waals surface area (Å²) in [5.41, 5.74) is 0. The fourth-order valence-corrected chi connectivity index (χ4v) is 1.63. The van der Waals surface area contributed by atoms with Crippen LogP contribution < -0.4 is 9.47 Å². The zero-order valence-electron chi connectivity index (χ0n) is 11.8. The van der Waals surface area contributed by atoms with Crippen LogP contribution in [0.25, 0.3) is 0 Å². The van der Waals surface area contributed by atoms with Gasteiger partial charge in [0.15, 0.2) is 12.4 Å². The van der Waals surface area contributed by atoms with E-state index in [4.69, 9.17) is 18.7 Å². The Morgan fingerprint density at radius 1 is 1.20 bits per heavy atom. The normalized spacial score (nSPS) is 12.2. The van der Waals surface area contributed by atoms with Crippen molar-refractivity contribution in [1.29, 1.82) is 0 Å². The average Bonchev–Trinajstić information content (AvgIpc) is 2.95. The van der Waals surface area contributed by atoms with Gasteiger partial charge in [-0.05, 0) is 38.1 Å². The number of rotatable bonds is 7. The molecular weight excluding hydrogens is 260 g/mol. The third-order valence-electron chi connectivity index (χ3n) is 2.69. The molecule has 0 aliphatic rings. The molecule has 2 aromatic rings. The first-order valence-corrected chi connectivity index (χ1v) is 6.44. The highest BCUT2D eigenvalue weighted by Crippen LogP contribution is 2.18. The lowest BCUT2D eigenvalue weighted by atomic mass is 10.3. The Hall–Kier alpha value is -2.08. The first kappa shape index (κ1) is 14.3. The van der Waals surface area contributed by atoms with Gasteiger partial charge in [0.1, 0.15) is 17.6 Å². The number of hydrogen-bond acceptors (Lipinski definition) is 6. The molecule has 1 aromatic heterocycles. The van der Waals surface area contributed by atoms with Crippen LogP contribution in [0.3, 0.4) is 0 Å². The third kappa shape index (κ3) is 3.71. The average molecular weight is 278 g/mol.